The largest absolute Gasteiger partial charge is 0.325 e. The molecule has 132 valence electrons. The second-order valence-corrected chi connectivity index (χ2v) is 6.17. The molecule has 0 radical (unpaired) electrons. The van der Waals surface area contributed by atoms with Crippen LogP contribution in [0.2, 0.25) is 0 Å². The number of carbonyl (C=O) groups excluding carboxylic acids is 1. The van der Waals surface area contributed by atoms with Crippen LogP contribution in [0.3, 0.4) is 0 Å². The molecule has 1 aromatic heterocycles. The second-order valence-electron chi connectivity index (χ2n) is 6.17. The zero-order chi connectivity index (χ0) is 18.4. The lowest BCUT2D eigenvalue weighted by molar-refractivity contribution is -0.116. The Morgan fingerprint density at radius 2 is 1.50 bits per heavy atom. The van der Waals surface area contributed by atoms with Gasteiger partial charge in [0.1, 0.15) is 0 Å². The summed E-state index contributed by atoms with van der Waals surface area (Å²) in [6.45, 7) is 2.47. The first kappa shape index (κ1) is 17.7. The van der Waals surface area contributed by atoms with Gasteiger partial charge in [-0.1, -0.05) is 60.7 Å². The number of aryl methyl sites for hydroxylation is 1. The number of rotatable bonds is 6. The highest BCUT2D eigenvalue weighted by atomic mass is 16.1. The summed E-state index contributed by atoms with van der Waals surface area (Å²) in [5.74, 6) is -0.0986. The fraction of sp³-hybridized carbons (Fsp3) is 0.182. The van der Waals surface area contributed by atoms with Crippen LogP contribution in [0.25, 0.3) is 0 Å². The predicted octanol–water partition coefficient (Wildman–Crippen LogP) is 4.03. The number of aromatic nitrogens is 1. The molecule has 0 aliphatic carbocycles. The molecule has 0 saturated carbocycles. The number of pyridine rings is 1. The number of carbonyl (C=O) groups is 1. The molecule has 0 saturated heterocycles. The van der Waals surface area contributed by atoms with Crippen molar-refractivity contribution < 1.29 is 4.79 Å². The summed E-state index contributed by atoms with van der Waals surface area (Å²) in [5.41, 5.74) is 2.77. The molecule has 3 aromatic rings. The lowest BCUT2D eigenvalue weighted by atomic mass is 9.88. The van der Waals surface area contributed by atoms with Crippen LogP contribution in [0.5, 0.6) is 0 Å². The fourth-order valence-electron chi connectivity index (χ4n) is 3.05. The Bertz CT molecular complexity index is 878. The summed E-state index contributed by atoms with van der Waals surface area (Å²) < 4.78 is 1.57. The van der Waals surface area contributed by atoms with Gasteiger partial charge in [0.25, 0.3) is 5.56 Å². The minimum Gasteiger partial charge on any atom is -0.325 e. The summed E-state index contributed by atoms with van der Waals surface area (Å²) in [4.78, 5) is 24.3. The van der Waals surface area contributed by atoms with E-state index in [1.165, 1.54) is 6.07 Å². The number of hydrogen-bond acceptors (Lipinski definition) is 2. The van der Waals surface area contributed by atoms with Crippen LogP contribution in [0.4, 0.5) is 5.69 Å². The van der Waals surface area contributed by atoms with E-state index in [4.69, 9.17) is 0 Å². The van der Waals surface area contributed by atoms with E-state index in [-0.39, 0.29) is 17.4 Å². The van der Waals surface area contributed by atoms with Gasteiger partial charge in [-0.15, -0.1) is 0 Å². The van der Waals surface area contributed by atoms with Crippen molar-refractivity contribution in [3.8, 4) is 0 Å². The molecular formula is C22H22N2O2. The molecule has 0 atom stereocenters. The van der Waals surface area contributed by atoms with Gasteiger partial charge in [-0.25, -0.2) is 0 Å². The number of benzene rings is 2. The summed E-state index contributed by atoms with van der Waals surface area (Å²) in [6.07, 6.45) is 2.01. The van der Waals surface area contributed by atoms with Crippen molar-refractivity contribution in [2.75, 3.05) is 5.32 Å². The van der Waals surface area contributed by atoms with Crippen molar-refractivity contribution in [2.45, 2.75) is 25.8 Å². The van der Waals surface area contributed by atoms with Gasteiger partial charge in [-0.2, -0.15) is 0 Å². The standard InChI is InChI=1S/C22H22N2O2/c1-2-24-16-19(13-14-22(24)26)23-21(25)15-20(17-9-5-3-6-10-17)18-11-7-4-8-12-18/h3-14,16,20H,2,15H2,1H3,(H,23,25). The first-order chi connectivity index (χ1) is 12.7. The molecule has 1 heterocycles. The Labute approximate surface area is 153 Å². The molecule has 3 rings (SSSR count). The quantitative estimate of drug-likeness (QED) is 0.733. The minimum atomic E-state index is -0.0796. The third-order valence-corrected chi connectivity index (χ3v) is 4.40. The molecule has 1 amide bonds. The predicted molar refractivity (Wildman–Crippen MR) is 104 cm³/mol. The maximum absolute atomic E-state index is 12.7. The van der Waals surface area contributed by atoms with Crippen LogP contribution in [0.1, 0.15) is 30.4 Å². The van der Waals surface area contributed by atoms with Crippen molar-refractivity contribution in [3.05, 3.63) is 100 Å². The van der Waals surface area contributed by atoms with Gasteiger partial charge in [0.15, 0.2) is 0 Å². The Balaban J connectivity index is 1.81. The number of nitrogens with zero attached hydrogens (tertiary/aromatic N) is 1. The Morgan fingerprint density at radius 3 is 2.04 bits per heavy atom. The fourth-order valence-corrected chi connectivity index (χ4v) is 3.05. The van der Waals surface area contributed by atoms with Crippen LogP contribution in [-0.2, 0) is 11.3 Å². The topological polar surface area (TPSA) is 51.1 Å². The number of anilines is 1. The molecule has 1 N–H and O–H groups in total. The number of hydrogen-bond donors (Lipinski definition) is 1. The van der Waals surface area contributed by atoms with Crippen LogP contribution in [0.15, 0.2) is 83.8 Å². The van der Waals surface area contributed by atoms with Crippen LogP contribution in [0, 0.1) is 0 Å². The zero-order valence-corrected chi connectivity index (χ0v) is 14.8. The summed E-state index contributed by atoms with van der Waals surface area (Å²) in [6, 6.07) is 23.2. The highest BCUT2D eigenvalue weighted by Gasteiger charge is 2.18. The molecule has 2 aromatic carbocycles. The second kappa shape index (κ2) is 8.30. The smallest absolute Gasteiger partial charge is 0.250 e. The maximum Gasteiger partial charge on any atom is 0.250 e. The van der Waals surface area contributed by atoms with E-state index in [0.29, 0.717) is 18.7 Å². The number of nitrogens with one attached hydrogen (secondary N) is 1. The Kier molecular flexibility index (Phi) is 5.64. The van der Waals surface area contributed by atoms with Gasteiger partial charge in [-0.05, 0) is 24.1 Å². The molecule has 0 aliphatic heterocycles. The van der Waals surface area contributed by atoms with E-state index in [1.54, 1.807) is 16.8 Å². The molecule has 0 aliphatic rings. The van der Waals surface area contributed by atoms with E-state index in [2.05, 4.69) is 5.32 Å². The molecule has 26 heavy (non-hydrogen) atoms. The van der Waals surface area contributed by atoms with Crippen molar-refractivity contribution >= 4 is 11.6 Å². The summed E-state index contributed by atoms with van der Waals surface area (Å²) in [7, 11) is 0. The van der Waals surface area contributed by atoms with Crippen molar-refractivity contribution in [1.82, 2.24) is 4.57 Å². The van der Waals surface area contributed by atoms with Gasteiger partial charge >= 0.3 is 0 Å². The minimum absolute atomic E-state index is 0.0190. The molecular weight excluding hydrogens is 324 g/mol. The van der Waals surface area contributed by atoms with Gasteiger partial charge < -0.3 is 9.88 Å². The first-order valence-electron chi connectivity index (χ1n) is 8.77. The first-order valence-corrected chi connectivity index (χ1v) is 8.77. The summed E-state index contributed by atoms with van der Waals surface area (Å²) >= 11 is 0. The maximum atomic E-state index is 12.7. The normalized spacial score (nSPS) is 10.7. The lowest BCUT2D eigenvalue weighted by Crippen LogP contribution is -2.21. The third kappa shape index (κ3) is 4.28. The van der Waals surface area contributed by atoms with E-state index in [9.17, 15) is 9.59 Å². The monoisotopic (exact) mass is 346 g/mol. The van der Waals surface area contributed by atoms with Crippen LogP contribution >= 0.6 is 0 Å². The molecule has 0 fully saturated rings. The van der Waals surface area contributed by atoms with E-state index in [1.807, 2.05) is 67.6 Å². The number of amides is 1. The van der Waals surface area contributed by atoms with Crippen LogP contribution in [-0.4, -0.2) is 10.5 Å². The molecule has 4 nitrogen and oxygen atoms in total. The van der Waals surface area contributed by atoms with Crippen molar-refractivity contribution in [3.63, 3.8) is 0 Å². The van der Waals surface area contributed by atoms with Crippen molar-refractivity contribution in [1.29, 1.82) is 0 Å². The molecule has 0 bridgehead atoms. The SMILES string of the molecule is CCn1cc(NC(=O)CC(c2ccccc2)c2ccccc2)ccc1=O. The highest BCUT2D eigenvalue weighted by molar-refractivity contribution is 5.91. The Morgan fingerprint density at radius 1 is 0.923 bits per heavy atom. The van der Waals surface area contributed by atoms with E-state index < -0.39 is 0 Å². The average Bonchev–Trinajstić information content (AvgIpc) is 2.69. The average molecular weight is 346 g/mol. The Hall–Kier alpha value is -3.14. The van der Waals surface area contributed by atoms with E-state index in [0.717, 1.165) is 11.1 Å². The van der Waals surface area contributed by atoms with E-state index >= 15 is 0 Å². The zero-order valence-electron chi connectivity index (χ0n) is 14.8. The van der Waals surface area contributed by atoms with Gasteiger partial charge in [0, 0.05) is 31.1 Å². The third-order valence-electron chi connectivity index (χ3n) is 4.40. The molecule has 0 unspecified atom stereocenters. The van der Waals surface area contributed by atoms with Gasteiger partial charge in [0.05, 0.1) is 5.69 Å². The van der Waals surface area contributed by atoms with Gasteiger partial charge in [0.2, 0.25) is 5.91 Å². The molecule has 4 heteroatoms. The summed E-state index contributed by atoms with van der Waals surface area (Å²) in [5, 5.41) is 2.92. The highest BCUT2D eigenvalue weighted by Crippen LogP contribution is 2.28. The molecule has 0 spiro atoms. The van der Waals surface area contributed by atoms with Gasteiger partial charge in [-0.3, -0.25) is 9.59 Å². The lowest BCUT2D eigenvalue weighted by Gasteiger charge is -2.18. The van der Waals surface area contributed by atoms with Crippen molar-refractivity contribution in [2.24, 2.45) is 0 Å². The van der Waals surface area contributed by atoms with Crippen LogP contribution < -0.4 is 10.9 Å².